The van der Waals surface area contributed by atoms with Gasteiger partial charge in [-0.3, -0.25) is 4.79 Å². The summed E-state index contributed by atoms with van der Waals surface area (Å²) in [6, 6.07) is -0.325. The molecule has 334 valence electrons. The summed E-state index contributed by atoms with van der Waals surface area (Å²) in [5.74, 6) is -5.29. The van der Waals surface area contributed by atoms with E-state index in [9.17, 15) is 30.3 Å². The average molecular weight is 821 g/mol. The van der Waals surface area contributed by atoms with Gasteiger partial charge in [-0.2, -0.15) is 0 Å². The summed E-state index contributed by atoms with van der Waals surface area (Å²) in [6.07, 6.45) is -9.46. The summed E-state index contributed by atoms with van der Waals surface area (Å²) in [5.41, 5.74) is -4.48. The van der Waals surface area contributed by atoms with Gasteiger partial charge in [0.05, 0.1) is 53.4 Å². The van der Waals surface area contributed by atoms with Crippen molar-refractivity contribution >= 4 is 11.7 Å². The van der Waals surface area contributed by atoms with E-state index < -0.39 is 108 Å². The number of cyclic esters (lactones) is 1. The van der Waals surface area contributed by atoms with Crippen molar-refractivity contribution in [3.05, 3.63) is 0 Å². The predicted molar refractivity (Wildman–Crippen MR) is 211 cm³/mol. The molecule has 18 atom stereocenters. The first-order valence-electron chi connectivity index (χ1n) is 20.5. The van der Waals surface area contributed by atoms with E-state index in [0.717, 1.165) is 0 Å². The number of nitrogens with zero attached hydrogens (tertiary/aromatic N) is 2. The number of hydrogen-bond acceptors (Lipinski definition) is 16. The fraction of sp³-hybridized carbons (Fsp3) is 0.951. The van der Waals surface area contributed by atoms with Crippen LogP contribution in [-0.4, -0.2) is 160 Å². The van der Waals surface area contributed by atoms with Gasteiger partial charge in [0, 0.05) is 58.3 Å². The molecule has 0 radical (unpaired) electrons. The Morgan fingerprint density at radius 1 is 0.912 bits per heavy atom. The van der Waals surface area contributed by atoms with Crippen molar-refractivity contribution in [3.8, 4) is 0 Å². The maximum Gasteiger partial charge on any atom is 0.311 e. The largest absolute Gasteiger partial charge is 0.459 e. The fourth-order valence-electron chi connectivity index (χ4n) is 8.79. The third-order valence-corrected chi connectivity index (χ3v) is 12.7. The standard InChI is InChI=1S/C41H76N2O14/c1-17-28-41(12,49)33(45)23(4)30(42-57-38(8,9)50-15)21(2)19-39(10,48)35(56-37-31(44)27(43(13)14)18-22(3)52-37)24(5)32(25(6)36(47)54-28)55-29-20-40(11,51-16)34(46)26(7)53-29/h21-29,31-35,37,44-46,48-49H,17-20H2,1-16H3/b42-30+/t21-,22-,23+,24+,25-,26+,27+,28?,29+,31-,32?,33-,34+,35-,37+,39-,40-,41-/m1/s1. The van der Waals surface area contributed by atoms with E-state index in [0.29, 0.717) is 12.1 Å². The molecule has 16 heteroatoms. The highest BCUT2D eigenvalue weighted by atomic mass is 16.8. The van der Waals surface area contributed by atoms with Crippen LogP contribution < -0.4 is 0 Å². The lowest BCUT2D eigenvalue weighted by Crippen LogP contribution is -2.61. The number of carbonyl (C=O) groups is 1. The van der Waals surface area contributed by atoms with E-state index >= 15 is 0 Å². The van der Waals surface area contributed by atoms with Crippen LogP contribution in [0, 0.1) is 23.7 Å². The molecular formula is C41H76N2O14. The van der Waals surface area contributed by atoms with Gasteiger partial charge in [0.25, 0.3) is 0 Å². The highest BCUT2D eigenvalue weighted by molar-refractivity contribution is 5.88. The Morgan fingerprint density at radius 3 is 2.07 bits per heavy atom. The third-order valence-electron chi connectivity index (χ3n) is 12.7. The Bertz CT molecular complexity index is 1330. The quantitative estimate of drug-likeness (QED) is 0.122. The van der Waals surface area contributed by atoms with E-state index in [1.807, 2.05) is 32.8 Å². The van der Waals surface area contributed by atoms with Gasteiger partial charge in [0.15, 0.2) is 12.6 Å². The second-order valence-electron chi connectivity index (χ2n) is 18.3. The first-order valence-corrected chi connectivity index (χ1v) is 20.5. The van der Waals surface area contributed by atoms with Crippen LogP contribution in [-0.2, 0) is 42.8 Å². The number of methoxy groups -OCH3 is 2. The molecule has 3 saturated heterocycles. The molecule has 3 aliphatic rings. The Balaban J connectivity index is 2.27. The average Bonchev–Trinajstić information content (AvgIpc) is 3.13. The van der Waals surface area contributed by atoms with Crippen LogP contribution in [0.3, 0.4) is 0 Å². The van der Waals surface area contributed by atoms with Crippen LogP contribution in [0.15, 0.2) is 5.16 Å². The molecule has 3 heterocycles. The number of aliphatic hydroxyl groups is 5. The summed E-state index contributed by atoms with van der Waals surface area (Å²) >= 11 is 0. The molecule has 57 heavy (non-hydrogen) atoms. The van der Waals surface area contributed by atoms with Gasteiger partial charge in [-0.15, -0.1) is 0 Å². The smallest absolute Gasteiger partial charge is 0.311 e. The molecule has 0 saturated carbocycles. The molecule has 2 unspecified atom stereocenters. The van der Waals surface area contributed by atoms with Crippen LogP contribution >= 0.6 is 0 Å². The Hall–Kier alpha value is -1.54. The molecular weight excluding hydrogens is 744 g/mol. The van der Waals surface area contributed by atoms with Gasteiger partial charge in [0.2, 0.25) is 5.79 Å². The number of carbonyl (C=O) groups excluding carboxylic acids is 1. The minimum Gasteiger partial charge on any atom is -0.459 e. The molecule has 0 amide bonds. The van der Waals surface area contributed by atoms with Crippen LogP contribution in [0.25, 0.3) is 0 Å². The highest BCUT2D eigenvalue weighted by Crippen LogP contribution is 2.41. The zero-order valence-corrected chi connectivity index (χ0v) is 37.3. The van der Waals surface area contributed by atoms with Crippen LogP contribution in [0.2, 0.25) is 0 Å². The number of ether oxygens (including phenoxy) is 7. The van der Waals surface area contributed by atoms with Crippen molar-refractivity contribution in [1.82, 2.24) is 4.90 Å². The van der Waals surface area contributed by atoms with E-state index in [-0.39, 0.29) is 31.4 Å². The van der Waals surface area contributed by atoms with Crippen LogP contribution in [0.4, 0.5) is 0 Å². The van der Waals surface area contributed by atoms with Crippen molar-refractivity contribution in [2.24, 2.45) is 28.8 Å². The maximum absolute atomic E-state index is 14.3. The van der Waals surface area contributed by atoms with Crippen molar-refractivity contribution in [2.75, 3.05) is 28.3 Å². The second kappa shape index (κ2) is 19.4. The molecule has 3 fully saturated rings. The summed E-state index contributed by atoms with van der Waals surface area (Å²) in [7, 11) is 6.69. The SMILES string of the molecule is CCC1OC(=O)[C@H](C)C(O[C@H]2C[C@@](C)(OC)[C@@H](O)[C@H](C)O2)[C@H](C)[C@@H](O[C@@H]2O[C@H](C)C[C@H](N(C)C)[C@H]2O)[C@](C)(O)C[C@@H](C)/C(=N\OC(C)(C)OC)[C@H](C)[C@@H](O)[C@]1(C)O. The van der Waals surface area contributed by atoms with E-state index in [2.05, 4.69) is 5.16 Å². The monoisotopic (exact) mass is 821 g/mol. The number of oxime groups is 1. The minimum atomic E-state index is -1.96. The molecule has 16 nitrogen and oxygen atoms in total. The summed E-state index contributed by atoms with van der Waals surface area (Å²) in [6.45, 7) is 20.3. The number of hydrogen-bond donors (Lipinski definition) is 5. The molecule has 3 aliphatic heterocycles. The van der Waals surface area contributed by atoms with Crippen molar-refractivity contribution in [3.63, 3.8) is 0 Å². The summed E-state index contributed by atoms with van der Waals surface area (Å²) < 4.78 is 43.1. The van der Waals surface area contributed by atoms with Crippen LogP contribution in [0.5, 0.6) is 0 Å². The number of esters is 1. The molecule has 0 aromatic carbocycles. The van der Waals surface area contributed by atoms with Gasteiger partial charge >= 0.3 is 5.97 Å². The lowest BCUT2D eigenvalue weighted by atomic mass is 9.73. The molecule has 0 aliphatic carbocycles. The van der Waals surface area contributed by atoms with E-state index in [4.69, 9.17) is 38.0 Å². The van der Waals surface area contributed by atoms with Gasteiger partial charge in [0.1, 0.15) is 23.9 Å². The lowest BCUT2D eigenvalue weighted by molar-refractivity contribution is -0.317. The predicted octanol–water partition coefficient (Wildman–Crippen LogP) is 2.97. The first-order chi connectivity index (χ1) is 26.2. The summed E-state index contributed by atoms with van der Waals surface area (Å²) in [4.78, 5) is 22.1. The molecule has 0 spiro atoms. The first kappa shape index (κ1) is 49.8. The second-order valence-corrected chi connectivity index (χ2v) is 18.3. The number of likely N-dealkylation sites (N-methyl/N-ethyl adjacent to an activating group) is 1. The lowest BCUT2D eigenvalue weighted by Gasteiger charge is -2.49. The van der Waals surface area contributed by atoms with Gasteiger partial charge in [-0.1, -0.05) is 32.9 Å². The zero-order valence-electron chi connectivity index (χ0n) is 37.3. The molecule has 5 N–H and O–H groups in total. The highest BCUT2D eigenvalue weighted by Gasteiger charge is 2.53. The van der Waals surface area contributed by atoms with Crippen LogP contribution in [0.1, 0.15) is 109 Å². The van der Waals surface area contributed by atoms with Crippen molar-refractivity contribution in [2.45, 2.75) is 199 Å². The molecule has 3 rings (SSSR count). The Labute approximate surface area is 340 Å². The third kappa shape index (κ3) is 11.4. The molecule has 0 bridgehead atoms. The topological polar surface area (TPSA) is 208 Å². The van der Waals surface area contributed by atoms with Crippen molar-refractivity contribution in [1.29, 1.82) is 0 Å². The molecule has 0 aromatic rings. The Kier molecular flexibility index (Phi) is 17.0. The molecule has 0 aromatic heterocycles. The normalized spacial score (nSPS) is 46.7. The van der Waals surface area contributed by atoms with Gasteiger partial charge < -0.3 is 68.4 Å². The Morgan fingerprint density at radius 2 is 1.53 bits per heavy atom. The zero-order chi connectivity index (χ0) is 43.6. The van der Waals surface area contributed by atoms with E-state index in [1.54, 1.807) is 62.3 Å². The van der Waals surface area contributed by atoms with Crippen molar-refractivity contribution < 1.29 is 68.3 Å². The number of aliphatic hydroxyl groups excluding tert-OH is 3. The fourth-order valence-corrected chi connectivity index (χ4v) is 8.79. The van der Waals surface area contributed by atoms with Gasteiger partial charge in [-0.05, 0) is 74.9 Å². The number of rotatable bonds is 10. The van der Waals surface area contributed by atoms with Gasteiger partial charge in [-0.25, -0.2) is 0 Å². The maximum atomic E-state index is 14.3. The minimum absolute atomic E-state index is 0.0278. The van der Waals surface area contributed by atoms with E-state index in [1.165, 1.54) is 21.1 Å². The summed E-state index contributed by atoms with van der Waals surface area (Å²) in [5, 5.41) is 63.7.